The number of para-hydroxylation sites is 4. The second-order valence-electron chi connectivity index (χ2n) is 8.50. The minimum atomic E-state index is -0.254. The first kappa shape index (κ1) is 24.8. The Hall–Kier alpha value is -4.55. The number of H-pyrrole nitrogens is 2. The number of hydrogen-bond acceptors (Lipinski definition) is 8. The summed E-state index contributed by atoms with van der Waals surface area (Å²) in [5.74, 6) is -0.121. The molecule has 39 heavy (non-hydrogen) atoms. The second-order valence-corrected chi connectivity index (χ2v) is 10.4. The van der Waals surface area contributed by atoms with Crippen molar-refractivity contribution in [3.8, 4) is 0 Å². The van der Waals surface area contributed by atoms with Crippen molar-refractivity contribution in [2.75, 3.05) is 11.5 Å². The molecule has 0 radical (unpaired) electrons. The van der Waals surface area contributed by atoms with E-state index in [1.54, 1.807) is 6.08 Å². The van der Waals surface area contributed by atoms with Gasteiger partial charge in [0.25, 0.3) is 5.91 Å². The van der Waals surface area contributed by atoms with Gasteiger partial charge in [0.2, 0.25) is 5.91 Å². The molecule has 2 heterocycles. The number of fused-ring (bicyclic) bond motifs is 3. The molecule has 6 rings (SSSR count). The molecule has 3 aromatic carbocycles. The number of hydrazone groups is 1. The highest BCUT2D eigenvalue weighted by atomic mass is 32.2. The van der Waals surface area contributed by atoms with E-state index in [0.29, 0.717) is 21.7 Å². The Morgan fingerprint density at radius 3 is 1.95 bits per heavy atom. The summed E-state index contributed by atoms with van der Waals surface area (Å²) in [5, 5.41) is 5.67. The van der Waals surface area contributed by atoms with Crippen LogP contribution in [0.3, 0.4) is 0 Å². The molecule has 0 spiro atoms. The van der Waals surface area contributed by atoms with Crippen LogP contribution in [0.15, 0.2) is 94.3 Å². The number of carbonyl (C=O) groups is 2. The first-order valence-corrected chi connectivity index (χ1v) is 14.0. The number of benzene rings is 3. The second kappa shape index (κ2) is 11.1. The van der Waals surface area contributed by atoms with Crippen molar-refractivity contribution in [2.24, 2.45) is 5.10 Å². The number of hydrogen-bond donors (Lipinski definition) is 5. The average Bonchev–Trinajstić information content (AvgIpc) is 3.67. The minimum absolute atomic E-state index is 0.159. The van der Waals surface area contributed by atoms with Gasteiger partial charge in [-0.15, -0.1) is 0 Å². The summed E-state index contributed by atoms with van der Waals surface area (Å²) in [6.45, 7) is 0. The summed E-state index contributed by atoms with van der Waals surface area (Å²) >= 11 is 2.63. The van der Waals surface area contributed by atoms with Gasteiger partial charge in [0.05, 0.1) is 45.0 Å². The summed E-state index contributed by atoms with van der Waals surface area (Å²) in [6.07, 6.45) is 1.78. The molecule has 1 aliphatic rings. The van der Waals surface area contributed by atoms with Gasteiger partial charge >= 0.3 is 0 Å². The Morgan fingerprint density at radius 2 is 1.31 bits per heavy atom. The maximum atomic E-state index is 12.5. The Balaban J connectivity index is 1.04. The number of thioether (sulfide) groups is 2. The van der Waals surface area contributed by atoms with Crippen LogP contribution in [0.4, 0.5) is 0 Å². The van der Waals surface area contributed by atoms with Crippen molar-refractivity contribution in [3.63, 3.8) is 0 Å². The lowest BCUT2D eigenvalue weighted by atomic mass is 10.1. The van der Waals surface area contributed by atoms with Crippen molar-refractivity contribution in [2.45, 2.75) is 10.3 Å². The highest BCUT2D eigenvalue weighted by molar-refractivity contribution is 8.00. The summed E-state index contributed by atoms with van der Waals surface area (Å²) < 4.78 is 0. The first-order valence-electron chi connectivity index (χ1n) is 12.0. The predicted molar refractivity (Wildman–Crippen MR) is 154 cm³/mol. The lowest BCUT2D eigenvalue weighted by molar-refractivity contribution is -0.119. The monoisotopic (exact) mass is 554 g/mol. The third kappa shape index (κ3) is 5.66. The van der Waals surface area contributed by atoms with Gasteiger partial charge in [-0.05, 0) is 30.3 Å². The molecular formula is C27H22N8O2S2. The molecule has 0 saturated heterocycles. The summed E-state index contributed by atoms with van der Waals surface area (Å²) in [5.41, 5.74) is 14.9. The van der Waals surface area contributed by atoms with Crippen molar-refractivity contribution in [1.82, 2.24) is 36.2 Å². The highest BCUT2D eigenvalue weighted by Crippen LogP contribution is 2.25. The fourth-order valence-electron chi connectivity index (χ4n) is 4.02. The fraction of sp³-hybridized carbons (Fsp3) is 0.0741. The van der Waals surface area contributed by atoms with Crippen LogP contribution >= 0.6 is 23.5 Å². The molecule has 1 aliphatic carbocycles. The minimum Gasteiger partial charge on any atom is -0.333 e. The van der Waals surface area contributed by atoms with Crippen LogP contribution in [0.2, 0.25) is 0 Å². The topological polar surface area (TPSA) is 140 Å². The number of nitrogens with zero attached hydrogens (tertiary/aromatic N) is 3. The molecule has 0 atom stereocenters. The molecule has 5 aromatic rings. The molecule has 2 aromatic heterocycles. The number of imidazole rings is 2. The molecule has 0 fully saturated rings. The van der Waals surface area contributed by atoms with Crippen molar-refractivity contribution < 1.29 is 9.59 Å². The number of amides is 2. The van der Waals surface area contributed by atoms with Gasteiger partial charge in [-0.25, -0.2) is 15.4 Å². The van der Waals surface area contributed by atoms with E-state index in [-0.39, 0.29) is 23.3 Å². The van der Waals surface area contributed by atoms with Gasteiger partial charge in [0, 0.05) is 11.1 Å². The smallest absolute Gasteiger partial charge is 0.250 e. The van der Waals surface area contributed by atoms with Crippen LogP contribution in [0.25, 0.3) is 27.8 Å². The molecule has 10 nitrogen and oxygen atoms in total. The number of allylic oxidation sites excluding steroid dienone is 1. The van der Waals surface area contributed by atoms with Crippen LogP contribution in [0.5, 0.6) is 0 Å². The van der Waals surface area contributed by atoms with Crippen LogP contribution in [0.1, 0.15) is 11.1 Å². The maximum Gasteiger partial charge on any atom is 0.250 e. The normalized spacial score (nSPS) is 13.4. The highest BCUT2D eigenvalue weighted by Gasteiger charge is 2.20. The van der Waals surface area contributed by atoms with Crippen molar-refractivity contribution >= 4 is 68.8 Å². The van der Waals surface area contributed by atoms with E-state index in [0.717, 1.165) is 33.2 Å². The van der Waals surface area contributed by atoms with E-state index in [1.165, 1.54) is 23.5 Å². The van der Waals surface area contributed by atoms with E-state index >= 15 is 0 Å². The maximum absolute atomic E-state index is 12.5. The SMILES string of the molecule is O=C(CSc1nc2ccccc2[nH]1)N/N=C1\C=C(NNC(=O)CSc2nc3ccccc3[nH]2)c2ccccc21. The van der Waals surface area contributed by atoms with Gasteiger partial charge < -0.3 is 9.97 Å². The van der Waals surface area contributed by atoms with Crippen molar-refractivity contribution in [1.29, 1.82) is 0 Å². The van der Waals surface area contributed by atoms with Crippen LogP contribution in [-0.4, -0.2) is 49.0 Å². The van der Waals surface area contributed by atoms with Crippen molar-refractivity contribution in [3.05, 3.63) is 90.0 Å². The Labute approximate surface area is 231 Å². The van der Waals surface area contributed by atoms with Gasteiger partial charge in [-0.2, -0.15) is 5.10 Å². The predicted octanol–water partition coefficient (Wildman–Crippen LogP) is 3.82. The summed E-state index contributed by atoms with van der Waals surface area (Å²) in [7, 11) is 0. The van der Waals surface area contributed by atoms with E-state index in [2.05, 4.69) is 41.3 Å². The lowest BCUT2D eigenvalue weighted by Crippen LogP contribution is -2.37. The molecule has 0 saturated carbocycles. The number of carbonyl (C=O) groups excluding carboxylic acids is 2. The van der Waals surface area contributed by atoms with E-state index in [9.17, 15) is 9.59 Å². The quantitative estimate of drug-likeness (QED) is 0.138. The summed E-state index contributed by atoms with van der Waals surface area (Å²) in [4.78, 5) is 40.3. The Bertz CT molecular complexity index is 1690. The molecular weight excluding hydrogens is 532 g/mol. The molecule has 0 bridgehead atoms. The van der Waals surface area contributed by atoms with Crippen LogP contribution in [0, 0.1) is 0 Å². The van der Waals surface area contributed by atoms with Gasteiger partial charge in [-0.3, -0.25) is 20.4 Å². The molecule has 194 valence electrons. The number of aromatic nitrogens is 4. The summed E-state index contributed by atoms with van der Waals surface area (Å²) in [6, 6.07) is 23.1. The van der Waals surface area contributed by atoms with Crippen LogP contribution in [-0.2, 0) is 9.59 Å². The molecule has 0 aliphatic heterocycles. The van der Waals surface area contributed by atoms with E-state index in [1.807, 2.05) is 72.8 Å². The Morgan fingerprint density at radius 1 is 0.744 bits per heavy atom. The third-order valence-electron chi connectivity index (χ3n) is 5.83. The zero-order valence-corrected chi connectivity index (χ0v) is 22.0. The number of aromatic amines is 2. The van der Waals surface area contributed by atoms with Gasteiger partial charge in [-0.1, -0.05) is 72.1 Å². The third-order valence-corrected chi connectivity index (χ3v) is 7.57. The molecule has 12 heteroatoms. The van der Waals surface area contributed by atoms with Crippen LogP contribution < -0.4 is 16.3 Å². The standard InChI is InChI=1S/C27H22N8O2S2/c36-24(14-38-26-28-18-9-3-4-10-19(18)29-26)34-32-22-13-23(17-8-2-1-7-16(17)22)33-35-25(37)15-39-27-30-20-11-5-6-12-21(20)31-27/h1-13,32H,14-15H2,(H,28,29)(H,30,31)(H,34,36)(H,35,37)/b33-23+. The molecule has 0 unspecified atom stereocenters. The molecule has 5 N–H and O–H groups in total. The lowest BCUT2D eigenvalue weighted by Gasteiger charge is -2.10. The fourth-order valence-corrected chi connectivity index (χ4v) is 5.38. The average molecular weight is 555 g/mol. The van der Waals surface area contributed by atoms with Gasteiger partial charge in [0.1, 0.15) is 0 Å². The van der Waals surface area contributed by atoms with E-state index in [4.69, 9.17) is 0 Å². The van der Waals surface area contributed by atoms with Gasteiger partial charge in [0.15, 0.2) is 10.3 Å². The zero-order valence-electron chi connectivity index (χ0n) is 20.4. The molecule has 2 amide bonds. The number of hydrazine groups is 1. The zero-order chi connectivity index (χ0) is 26.6. The largest absolute Gasteiger partial charge is 0.333 e. The Kier molecular flexibility index (Phi) is 7.02. The van der Waals surface area contributed by atoms with E-state index < -0.39 is 0 Å². The number of nitrogens with one attached hydrogen (secondary N) is 5. The number of rotatable bonds is 9. The first-order chi connectivity index (χ1) is 19.1.